The first-order chi connectivity index (χ1) is 13.9. The highest BCUT2D eigenvalue weighted by Gasteiger charge is 2.17. The van der Waals surface area contributed by atoms with Gasteiger partial charge in [0.2, 0.25) is 0 Å². The van der Waals surface area contributed by atoms with E-state index in [0.29, 0.717) is 0 Å². The first-order valence-corrected chi connectivity index (χ1v) is 10.3. The summed E-state index contributed by atoms with van der Waals surface area (Å²) < 4.78 is 0. The van der Waals surface area contributed by atoms with Crippen LogP contribution in [0.1, 0.15) is 6.42 Å². The Labute approximate surface area is 193 Å². The zero-order chi connectivity index (χ0) is 19.0. The van der Waals surface area contributed by atoms with E-state index in [2.05, 4.69) is 106 Å². The Kier molecular flexibility index (Phi) is 10.0. The van der Waals surface area contributed by atoms with Crippen molar-refractivity contribution in [2.45, 2.75) is 6.42 Å². The second-order valence-corrected chi connectivity index (χ2v) is 7.34. The van der Waals surface area contributed by atoms with Crippen molar-refractivity contribution in [1.82, 2.24) is 4.90 Å². The maximum absolute atomic E-state index is 2.60. The predicted molar refractivity (Wildman–Crippen MR) is 134 cm³/mol. The van der Waals surface area contributed by atoms with Gasteiger partial charge in [-0.3, -0.25) is 4.90 Å². The molecule has 4 rings (SSSR count). The zero-order valence-electron chi connectivity index (χ0n) is 17.3. The quantitative estimate of drug-likeness (QED) is 0.451. The molecule has 3 nitrogen and oxygen atoms in total. The van der Waals surface area contributed by atoms with Gasteiger partial charge in [0.25, 0.3) is 0 Å². The normalized spacial score (nSPS) is 13.8. The van der Waals surface area contributed by atoms with Crippen LogP contribution in [0.15, 0.2) is 91.0 Å². The lowest BCUT2D eigenvalue weighted by Gasteiger charge is -2.36. The van der Waals surface area contributed by atoms with Crippen molar-refractivity contribution >= 4 is 41.9 Å². The third kappa shape index (κ3) is 6.40. The van der Waals surface area contributed by atoms with Crippen LogP contribution in [0.2, 0.25) is 0 Å². The smallest absolute Gasteiger partial charge is 0.0410 e. The molecule has 1 aliphatic rings. The molecule has 160 valence electrons. The van der Waals surface area contributed by atoms with E-state index < -0.39 is 0 Å². The summed E-state index contributed by atoms with van der Waals surface area (Å²) >= 11 is 0. The van der Waals surface area contributed by atoms with Gasteiger partial charge in [0.05, 0.1) is 0 Å². The van der Waals surface area contributed by atoms with Gasteiger partial charge >= 0.3 is 0 Å². The molecule has 1 fully saturated rings. The summed E-state index contributed by atoms with van der Waals surface area (Å²) in [6.45, 7) is 6.71. The minimum Gasteiger partial charge on any atom is -0.369 e. The fourth-order valence-corrected chi connectivity index (χ4v) is 3.94. The third-order valence-electron chi connectivity index (χ3n) is 5.49. The van der Waals surface area contributed by atoms with Crippen molar-refractivity contribution in [3.63, 3.8) is 0 Å². The Morgan fingerprint density at radius 2 is 1.07 bits per heavy atom. The summed E-state index contributed by atoms with van der Waals surface area (Å²) in [5.74, 6) is 0. The van der Waals surface area contributed by atoms with Crippen LogP contribution in [-0.2, 0) is 0 Å². The molecule has 0 unspecified atom stereocenters. The molecule has 0 aliphatic carbocycles. The van der Waals surface area contributed by atoms with Gasteiger partial charge in [0.15, 0.2) is 0 Å². The zero-order valence-corrected chi connectivity index (χ0v) is 18.9. The largest absolute Gasteiger partial charge is 0.369 e. The van der Waals surface area contributed by atoms with E-state index in [-0.39, 0.29) is 24.8 Å². The fourth-order valence-electron chi connectivity index (χ4n) is 3.94. The van der Waals surface area contributed by atoms with Crippen molar-refractivity contribution in [2.75, 3.05) is 49.1 Å². The number of rotatable bonds is 7. The number of piperazine rings is 1. The number of benzene rings is 3. The maximum Gasteiger partial charge on any atom is 0.0410 e. The first kappa shape index (κ1) is 24.1. The molecular weight excluding hydrogens is 413 g/mol. The third-order valence-corrected chi connectivity index (χ3v) is 5.49. The summed E-state index contributed by atoms with van der Waals surface area (Å²) in [4.78, 5) is 7.53. The average Bonchev–Trinajstić information content (AvgIpc) is 2.79. The number of halogens is 2. The molecule has 1 aliphatic heterocycles. The minimum atomic E-state index is 0. The molecule has 5 heteroatoms. The number of hydrogen-bond acceptors (Lipinski definition) is 3. The summed E-state index contributed by atoms with van der Waals surface area (Å²) in [6.07, 6.45) is 1.16. The van der Waals surface area contributed by atoms with Gasteiger partial charge in [0.1, 0.15) is 0 Å². The van der Waals surface area contributed by atoms with Crippen LogP contribution >= 0.6 is 24.8 Å². The highest BCUT2D eigenvalue weighted by molar-refractivity contribution is 5.85. The molecule has 0 aromatic heterocycles. The molecular formula is C25H31Cl2N3. The van der Waals surface area contributed by atoms with Crippen molar-refractivity contribution < 1.29 is 0 Å². The number of nitrogens with zero attached hydrogens (tertiary/aromatic N) is 3. The SMILES string of the molecule is Cl.Cl.c1ccc(N2CCN(CCCN(c3ccccc3)c3ccccc3)CC2)cc1. The summed E-state index contributed by atoms with van der Waals surface area (Å²) in [5.41, 5.74) is 3.88. The van der Waals surface area contributed by atoms with E-state index in [0.717, 1.165) is 45.7 Å². The Morgan fingerprint density at radius 1 is 0.600 bits per heavy atom. The van der Waals surface area contributed by atoms with Crippen LogP contribution in [0.3, 0.4) is 0 Å². The van der Waals surface area contributed by atoms with Crippen LogP contribution in [0.5, 0.6) is 0 Å². The van der Waals surface area contributed by atoms with Gasteiger partial charge in [-0.05, 0) is 49.4 Å². The van der Waals surface area contributed by atoms with Crippen LogP contribution in [0.4, 0.5) is 17.1 Å². The maximum atomic E-state index is 2.60. The second-order valence-electron chi connectivity index (χ2n) is 7.34. The number of para-hydroxylation sites is 3. The lowest BCUT2D eigenvalue weighted by Crippen LogP contribution is -2.47. The molecule has 0 radical (unpaired) electrons. The van der Waals surface area contributed by atoms with Gasteiger partial charge in [-0.2, -0.15) is 0 Å². The molecule has 0 atom stereocenters. The topological polar surface area (TPSA) is 9.72 Å². The van der Waals surface area contributed by atoms with E-state index in [4.69, 9.17) is 0 Å². The van der Waals surface area contributed by atoms with E-state index in [1.165, 1.54) is 17.1 Å². The fraction of sp³-hybridized carbons (Fsp3) is 0.280. The predicted octanol–water partition coefficient (Wildman–Crippen LogP) is 5.88. The lowest BCUT2D eigenvalue weighted by molar-refractivity contribution is 0.256. The van der Waals surface area contributed by atoms with Crippen LogP contribution in [-0.4, -0.2) is 44.2 Å². The Bertz CT molecular complexity index is 783. The molecule has 0 bridgehead atoms. The molecule has 0 N–H and O–H groups in total. The van der Waals surface area contributed by atoms with Gasteiger partial charge in [-0.25, -0.2) is 0 Å². The van der Waals surface area contributed by atoms with Crippen molar-refractivity contribution in [1.29, 1.82) is 0 Å². The molecule has 0 saturated carbocycles. The number of hydrogen-bond donors (Lipinski definition) is 0. The highest BCUT2D eigenvalue weighted by atomic mass is 35.5. The van der Waals surface area contributed by atoms with Crippen LogP contribution in [0.25, 0.3) is 0 Å². The first-order valence-electron chi connectivity index (χ1n) is 10.3. The monoisotopic (exact) mass is 443 g/mol. The summed E-state index contributed by atoms with van der Waals surface area (Å²) in [7, 11) is 0. The minimum absolute atomic E-state index is 0. The van der Waals surface area contributed by atoms with Crippen LogP contribution in [0, 0.1) is 0 Å². The molecule has 3 aromatic carbocycles. The lowest BCUT2D eigenvalue weighted by atomic mass is 10.2. The Morgan fingerprint density at radius 3 is 1.57 bits per heavy atom. The van der Waals surface area contributed by atoms with Gasteiger partial charge in [-0.15, -0.1) is 24.8 Å². The molecule has 1 heterocycles. The molecule has 1 saturated heterocycles. The van der Waals surface area contributed by atoms with Crippen molar-refractivity contribution in [3.05, 3.63) is 91.0 Å². The molecule has 0 amide bonds. The van der Waals surface area contributed by atoms with Gasteiger partial charge in [0, 0.05) is 49.8 Å². The van der Waals surface area contributed by atoms with Crippen LogP contribution < -0.4 is 9.80 Å². The molecule has 3 aromatic rings. The van der Waals surface area contributed by atoms with Crippen molar-refractivity contribution in [2.24, 2.45) is 0 Å². The second kappa shape index (κ2) is 12.5. The van der Waals surface area contributed by atoms with E-state index in [9.17, 15) is 0 Å². The van der Waals surface area contributed by atoms with Gasteiger partial charge < -0.3 is 9.80 Å². The molecule has 30 heavy (non-hydrogen) atoms. The highest BCUT2D eigenvalue weighted by Crippen LogP contribution is 2.25. The standard InChI is InChI=1S/C25H29N3.2ClH/c1-4-11-23(12-5-1)27-21-19-26(20-22-27)17-10-18-28(24-13-6-2-7-14-24)25-15-8-3-9-16-25;;/h1-9,11-16H,10,17-22H2;2*1H. The van der Waals surface area contributed by atoms with Crippen molar-refractivity contribution in [3.8, 4) is 0 Å². The van der Waals surface area contributed by atoms with Gasteiger partial charge in [-0.1, -0.05) is 54.6 Å². The Hall–Kier alpha value is -2.20. The summed E-state index contributed by atoms with van der Waals surface area (Å²) in [5, 5.41) is 0. The summed E-state index contributed by atoms with van der Waals surface area (Å²) in [6, 6.07) is 32.2. The molecule has 0 spiro atoms. The Balaban J connectivity index is 0.00000160. The van der Waals surface area contributed by atoms with E-state index >= 15 is 0 Å². The van der Waals surface area contributed by atoms with E-state index in [1.807, 2.05) is 0 Å². The van der Waals surface area contributed by atoms with E-state index in [1.54, 1.807) is 0 Å². The number of anilines is 3. The average molecular weight is 444 g/mol.